The van der Waals surface area contributed by atoms with Gasteiger partial charge in [0.05, 0.1) is 0 Å². The van der Waals surface area contributed by atoms with E-state index in [9.17, 15) is 13.2 Å². The predicted octanol–water partition coefficient (Wildman–Crippen LogP) is 1.78. The van der Waals surface area contributed by atoms with Crippen molar-refractivity contribution < 1.29 is 18.3 Å². The van der Waals surface area contributed by atoms with Crippen LogP contribution in [-0.4, -0.2) is 53.8 Å². The second-order valence-electron chi connectivity index (χ2n) is 6.47. The summed E-state index contributed by atoms with van der Waals surface area (Å²) in [5, 5.41) is 8.71. The van der Waals surface area contributed by atoms with Crippen LogP contribution in [0.4, 0.5) is 0 Å². The van der Waals surface area contributed by atoms with Gasteiger partial charge in [-0.15, -0.1) is 0 Å². The highest BCUT2D eigenvalue weighted by molar-refractivity contribution is 7.86. The SMILES string of the molecule is CC1CC(C)CN(S(=O)(=O)N(CCCC(=O)O)C(C)C)C1. The van der Waals surface area contributed by atoms with E-state index < -0.39 is 16.2 Å². The predicted molar refractivity (Wildman–Crippen MR) is 82.1 cm³/mol. The normalized spacial score (nSPS) is 24.7. The van der Waals surface area contributed by atoms with Crippen LogP contribution in [0, 0.1) is 11.8 Å². The Labute approximate surface area is 128 Å². The Morgan fingerprint density at radius 3 is 2.24 bits per heavy atom. The molecule has 7 heteroatoms. The van der Waals surface area contributed by atoms with Crippen molar-refractivity contribution in [1.82, 2.24) is 8.61 Å². The molecule has 0 spiro atoms. The van der Waals surface area contributed by atoms with E-state index in [1.54, 1.807) is 4.31 Å². The molecule has 0 saturated carbocycles. The first-order valence-electron chi connectivity index (χ1n) is 7.63. The molecule has 0 aromatic heterocycles. The van der Waals surface area contributed by atoms with Crippen LogP contribution in [0.25, 0.3) is 0 Å². The number of rotatable bonds is 7. The van der Waals surface area contributed by atoms with E-state index in [4.69, 9.17) is 5.11 Å². The maximum absolute atomic E-state index is 12.8. The third-order valence-electron chi connectivity index (χ3n) is 3.80. The third kappa shape index (κ3) is 5.23. The van der Waals surface area contributed by atoms with Gasteiger partial charge in [-0.3, -0.25) is 4.79 Å². The maximum Gasteiger partial charge on any atom is 0.303 e. The Bertz CT molecular complexity index is 440. The summed E-state index contributed by atoms with van der Waals surface area (Å²) in [5.41, 5.74) is 0. The number of aliphatic carboxylic acids is 1. The molecule has 124 valence electrons. The number of carbonyl (C=O) groups is 1. The quantitative estimate of drug-likeness (QED) is 0.775. The molecule has 0 amide bonds. The number of piperidine rings is 1. The summed E-state index contributed by atoms with van der Waals surface area (Å²) in [5.74, 6) is -0.176. The first-order valence-corrected chi connectivity index (χ1v) is 9.03. The number of nitrogens with zero attached hydrogens (tertiary/aromatic N) is 2. The van der Waals surface area contributed by atoms with E-state index in [0.717, 1.165) is 6.42 Å². The van der Waals surface area contributed by atoms with Crippen molar-refractivity contribution >= 4 is 16.2 Å². The second kappa shape index (κ2) is 7.56. The fourth-order valence-electron chi connectivity index (χ4n) is 2.97. The lowest BCUT2D eigenvalue weighted by atomic mass is 9.94. The minimum absolute atomic E-state index is 0.00839. The molecule has 21 heavy (non-hydrogen) atoms. The standard InChI is InChI=1S/C14H28N2O4S/c1-11(2)16(7-5-6-14(17)18)21(19,20)15-9-12(3)8-13(4)10-15/h11-13H,5-10H2,1-4H3,(H,17,18). The second-order valence-corrected chi connectivity index (χ2v) is 8.35. The number of carboxylic acid groups (broad SMARTS) is 1. The molecule has 1 fully saturated rings. The lowest BCUT2D eigenvalue weighted by molar-refractivity contribution is -0.137. The lowest BCUT2D eigenvalue weighted by Crippen LogP contribution is -2.51. The summed E-state index contributed by atoms with van der Waals surface area (Å²) >= 11 is 0. The van der Waals surface area contributed by atoms with Gasteiger partial charge in [-0.05, 0) is 38.5 Å². The summed E-state index contributed by atoms with van der Waals surface area (Å²) in [6.45, 7) is 9.16. The van der Waals surface area contributed by atoms with Crippen LogP contribution < -0.4 is 0 Å². The van der Waals surface area contributed by atoms with Crippen molar-refractivity contribution in [2.24, 2.45) is 11.8 Å². The van der Waals surface area contributed by atoms with Crippen molar-refractivity contribution in [1.29, 1.82) is 0 Å². The number of carboxylic acids is 1. The van der Waals surface area contributed by atoms with Crippen LogP contribution in [0.2, 0.25) is 0 Å². The highest BCUT2D eigenvalue weighted by Gasteiger charge is 2.35. The minimum atomic E-state index is -3.51. The van der Waals surface area contributed by atoms with Gasteiger partial charge in [0.2, 0.25) is 0 Å². The topological polar surface area (TPSA) is 77.9 Å². The molecule has 0 bridgehead atoms. The van der Waals surface area contributed by atoms with Crippen LogP contribution >= 0.6 is 0 Å². The molecule has 1 heterocycles. The lowest BCUT2D eigenvalue weighted by Gasteiger charge is -2.38. The van der Waals surface area contributed by atoms with Gasteiger partial charge in [0.15, 0.2) is 0 Å². The summed E-state index contributed by atoms with van der Waals surface area (Å²) < 4.78 is 28.6. The van der Waals surface area contributed by atoms with Gasteiger partial charge < -0.3 is 5.11 Å². The largest absolute Gasteiger partial charge is 0.481 e. The molecule has 2 atom stereocenters. The Morgan fingerprint density at radius 2 is 1.81 bits per heavy atom. The Hall–Kier alpha value is -0.660. The zero-order chi connectivity index (χ0) is 16.2. The molecular formula is C14H28N2O4S. The van der Waals surface area contributed by atoms with E-state index in [1.807, 2.05) is 13.8 Å². The van der Waals surface area contributed by atoms with Gasteiger partial charge in [-0.2, -0.15) is 17.0 Å². The van der Waals surface area contributed by atoms with E-state index in [2.05, 4.69) is 13.8 Å². The number of hydrogen-bond donors (Lipinski definition) is 1. The minimum Gasteiger partial charge on any atom is -0.481 e. The zero-order valence-corrected chi connectivity index (χ0v) is 14.3. The van der Waals surface area contributed by atoms with Crippen molar-refractivity contribution in [3.63, 3.8) is 0 Å². The van der Waals surface area contributed by atoms with Crippen molar-refractivity contribution in [2.45, 2.75) is 53.0 Å². The van der Waals surface area contributed by atoms with Gasteiger partial charge in [0, 0.05) is 32.1 Å². The van der Waals surface area contributed by atoms with E-state index in [0.29, 0.717) is 31.3 Å². The molecular weight excluding hydrogens is 292 g/mol. The van der Waals surface area contributed by atoms with E-state index >= 15 is 0 Å². The molecule has 1 aliphatic heterocycles. The molecule has 2 unspecified atom stereocenters. The highest BCUT2D eigenvalue weighted by Crippen LogP contribution is 2.25. The molecule has 0 aromatic rings. The Balaban J connectivity index is 2.81. The molecule has 0 radical (unpaired) electrons. The van der Waals surface area contributed by atoms with Crippen molar-refractivity contribution in [3.05, 3.63) is 0 Å². The average molecular weight is 320 g/mol. The van der Waals surface area contributed by atoms with Crippen molar-refractivity contribution in [2.75, 3.05) is 19.6 Å². The van der Waals surface area contributed by atoms with Gasteiger partial charge in [-0.1, -0.05) is 13.8 Å². The molecule has 1 rings (SSSR count). The molecule has 6 nitrogen and oxygen atoms in total. The van der Waals surface area contributed by atoms with E-state index in [1.165, 1.54) is 4.31 Å². The molecule has 1 N–H and O–H groups in total. The fourth-order valence-corrected chi connectivity index (χ4v) is 5.04. The molecule has 0 aromatic carbocycles. The van der Waals surface area contributed by atoms with Crippen LogP contribution in [0.5, 0.6) is 0 Å². The summed E-state index contributed by atoms with van der Waals surface area (Å²) in [4.78, 5) is 10.6. The van der Waals surface area contributed by atoms with Crippen LogP contribution in [0.3, 0.4) is 0 Å². The van der Waals surface area contributed by atoms with Crippen LogP contribution in [0.1, 0.15) is 47.0 Å². The van der Waals surface area contributed by atoms with Gasteiger partial charge in [-0.25, -0.2) is 0 Å². The Kier molecular flexibility index (Phi) is 6.62. The van der Waals surface area contributed by atoms with Crippen molar-refractivity contribution in [3.8, 4) is 0 Å². The highest BCUT2D eigenvalue weighted by atomic mass is 32.2. The smallest absolute Gasteiger partial charge is 0.303 e. The molecule has 1 saturated heterocycles. The van der Waals surface area contributed by atoms with Crippen LogP contribution in [-0.2, 0) is 15.0 Å². The zero-order valence-electron chi connectivity index (χ0n) is 13.4. The average Bonchev–Trinajstić information content (AvgIpc) is 2.32. The monoisotopic (exact) mass is 320 g/mol. The summed E-state index contributed by atoms with van der Waals surface area (Å²) in [7, 11) is -3.51. The van der Waals surface area contributed by atoms with Crippen LogP contribution in [0.15, 0.2) is 0 Å². The van der Waals surface area contributed by atoms with Gasteiger partial charge in [0.25, 0.3) is 10.2 Å². The molecule has 0 aliphatic carbocycles. The Morgan fingerprint density at radius 1 is 1.29 bits per heavy atom. The van der Waals surface area contributed by atoms with Gasteiger partial charge >= 0.3 is 5.97 Å². The van der Waals surface area contributed by atoms with E-state index in [-0.39, 0.29) is 19.0 Å². The summed E-state index contributed by atoms with van der Waals surface area (Å²) in [6, 6.07) is -0.170. The summed E-state index contributed by atoms with van der Waals surface area (Å²) in [6.07, 6.45) is 1.38. The third-order valence-corrected chi connectivity index (χ3v) is 5.95. The molecule has 1 aliphatic rings. The maximum atomic E-state index is 12.8. The fraction of sp³-hybridized carbons (Fsp3) is 0.929. The first-order chi connectivity index (χ1) is 9.64. The number of hydrogen-bond acceptors (Lipinski definition) is 3. The first kappa shape index (κ1) is 18.4. The van der Waals surface area contributed by atoms with Gasteiger partial charge in [0.1, 0.15) is 0 Å².